The van der Waals surface area contributed by atoms with Gasteiger partial charge in [-0.25, -0.2) is 0 Å². The summed E-state index contributed by atoms with van der Waals surface area (Å²) in [5.74, 6) is -0.789. The molecule has 0 saturated carbocycles. The predicted octanol–water partition coefficient (Wildman–Crippen LogP) is 1.03. The Hall–Kier alpha value is -1.18. The van der Waals surface area contributed by atoms with Crippen molar-refractivity contribution in [3.8, 4) is 0 Å². The van der Waals surface area contributed by atoms with Gasteiger partial charge in [-0.2, -0.15) is 0 Å². The van der Waals surface area contributed by atoms with Gasteiger partial charge in [0.05, 0.1) is 0 Å². The fourth-order valence-corrected chi connectivity index (χ4v) is 0.915. The van der Waals surface area contributed by atoms with Crippen molar-refractivity contribution in [2.45, 2.75) is 13.8 Å². The summed E-state index contributed by atoms with van der Waals surface area (Å²) in [7, 11) is 0. The molecule has 0 N–H and O–H groups in total. The number of ketones is 2. The monoisotopic (exact) mass is 136 g/mol. The van der Waals surface area contributed by atoms with Crippen LogP contribution in [0, 0.1) is 0 Å². The fourth-order valence-electron chi connectivity index (χ4n) is 0.915. The molecule has 0 saturated heterocycles. The van der Waals surface area contributed by atoms with Crippen molar-refractivity contribution in [2.24, 2.45) is 0 Å². The molecular formula is C8H8O2. The molecule has 0 fully saturated rings. The first-order chi connectivity index (χ1) is 4.61. The average Bonchev–Trinajstić information content (AvgIpc) is 1.82. The van der Waals surface area contributed by atoms with Crippen molar-refractivity contribution in [1.29, 1.82) is 0 Å². The highest BCUT2D eigenvalue weighted by Gasteiger charge is 2.16. The maximum absolute atomic E-state index is 10.8. The van der Waals surface area contributed by atoms with E-state index in [1.807, 2.05) is 0 Å². The second kappa shape index (κ2) is 2.21. The van der Waals surface area contributed by atoms with Gasteiger partial charge in [-0.3, -0.25) is 9.59 Å². The normalized spacial score (nSPS) is 18.6. The number of allylic oxidation sites excluding steroid dienone is 4. The van der Waals surface area contributed by atoms with Gasteiger partial charge in [-0.15, -0.1) is 0 Å². The van der Waals surface area contributed by atoms with Gasteiger partial charge < -0.3 is 0 Å². The molecule has 1 aliphatic carbocycles. The molecule has 2 heteroatoms. The smallest absolute Gasteiger partial charge is 0.228 e. The number of hydrogen-bond donors (Lipinski definition) is 0. The van der Waals surface area contributed by atoms with Gasteiger partial charge in [0.2, 0.25) is 11.6 Å². The summed E-state index contributed by atoms with van der Waals surface area (Å²) >= 11 is 0. The lowest BCUT2D eigenvalue weighted by Crippen LogP contribution is -2.15. The van der Waals surface area contributed by atoms with Gasteiger partial charge in [0.15, 0.2) is 0 Å². The van der Waals surface area contributed by atoms with Crippen molar-refractivity contribution in [1.82, 2.24) is 0 Å². The summed E-state index contributed by atoms with van der Waals surface area (Å²) in [6, 6.07) is 0. The third-order valence-corrected chi connectivity index (χ3v) is 1.38. The van der Waals surface area contributed by atoms with E-state index < -0.39 is 5.78 Å². The summed E-state index contributed by atoms with van der Waals surface area (Å²) in [6.07, 6.45) is 3.07. The van der Waals surface area contributed by atoms with E-state index in [0.717, 1.165) is 5.57 Å². The number of rotatable bonds is 0. The average molecular weight is 136 g/mol. The van der Waals surface area contributed by atoms with Gasteiger partial charge in [0, 0.05) is 5.57 Å². The molecule has 1 rings (SSSR count). The molecule has 0 unspecified atom stereocenters. The molecule has 0 heterocycles. The van der Waals surface area contributed by atoms with E-state index in [1.165, 1.54) is 6.08 Å². The minimum atomic E-state index is -0.405. The lowest BCUT2D eigenvalue weighted by molar-refractivity contribution is -0.131. The Morgan fingerprint density at radius 1 is 1.10 bits per heavy atom. The minimum Gasteiger partial charge on any atom is -0.286 e. The first kappa shape index (κ1) is 6.93. The SMILES string of the molecule is CC1=CC(=O)C(=O)C(C)=C1. The lowest BCUT2D eigenvalue weighted by atomic mass is 10.00. The van der Waals surface area contributed by atoms with Crippen molar-refractivity contribution < 1.29 is 9.59 Å². The lowest BCUT2D eigenvalue weighted by Gasteiger charge is -2.03. The zero-order chi connectivity index (χ0) is 7.72. The predicted molar refractivity (Wildman–Crippen MR) is 37.5 cm³/mol. The number of hydrogen-bond acceptors (Lipinski definition) is 2. The third-order valence-electron chi connectivity index (χ3n) is 1.38. The second-order valence-corrected chi connectivity index (χ2v) is 2.41. The fraction of sp³-hybridized carbons (Fsp3) is 0.250. The molecule has 0 radical (unpaired) electrons. The molecule has 0 aromatic rings. The number of carbonyl (C=O) groups excluding carboxylic acids is 2. The van der Waals surface area contributed by atoms with Crippen LogP contribution < -0.4 is 0 Å². The van der Waals surface area contributed by atoms with E-state index in [-0.39, 0.29) is 5.78 Å². The van der Waals surface area contributed by atoms with Crippen LogP contribution in [0.5, 0.6) is 0 Å². The van der Waals surface area contributed by atoms with Gasteiger partial charge in [0.1, 0.15) is 0 Å². The zero-order valence-electron chi connectivity index (χ0n) is 5.97. The van der Waals surface area contributed by atoms with Crippen LogP contribution in [0.2, 0.25) is 0 Å². The highest BCUT2D eigenvalue weighted by molar-refractivity contribution is 6.48. The molecule has 2 nitrogen and oxygen atoms in total. The zero-order valence-corrected chi connectivity index (χ0v) is 5.97. The Morgan fingerprint density at radius 3 is 2.20 bits per heavy atom. The number of Topliss-reactive ketones (excluding diaryl/α,β-unsaturated/α-hetero) is 1. The molecule has 0 aliphatic heterocycles. The van der Waals surface area contributed by atoms with E-state index >= 15 is 0 Å². The molecule has 52 valence electrons. The molecule has 0 atom stereocenters. The Morgan fingerprint density at radius 2 is 1.70 bits per heavy atom. The van der Waals surface area contributed by atoms with Gasteiger partial charge >= 0.3 is 0 Å². The molecule has 1 aliphatic rings. The van der Waals surface area contributed by atoms with Gasteiger partial charge in [-0.1, -0.05) is 6.08 Å². The van der Waals surface area contributed by atoms with Crippen LogP contribution in [-0.4, -0.2) is 11.6 Å². The third kappa shape index (κ3) is 1.05. The summed E-state index contributed by atoms with van der Waals surface area (Å²) in [4.78, 5) is 21.6. The molecule has 0 aromatic heterocycles. The molecule has 0 amide bonds. The first-order valence-corrected chi connectivity index (χ1v) is 3.06. The Bertz CT molecular complexity index is 254. The molecule has 0 bridgehead atoms. The summed E-state index contributed by atoms with van der Waals surface area (Å²) in [5.41, 5.74) is 1.38. The van der Waals surface area contributed by atoms with Crippen LogP contribution in [0.3, 0.4) is 0 Å². The summed E-state index contributed by atoms with van der Waals surface area (Å²) in [6.45, 7) is 3.45. The first-order valence-electron chi connectivity index (χ1n) is 3.06. The second-order valence-electron chi connectivity index (χ2n) is 2.41. The maximum atomic E-state index is 10.8. The van der Waals surface area contributed by atoms with Crippen LogP contribution in [0.15, 0.2) is 23.3 Å². The van der Waals surface area contributed by atoms with Crippen LogP contribution in [0.1, 0.15) is 13.8 Å². The highest BCUT2D eigenvalue weighted by atomic mass is 16.2. The molecular weight excluding hydrogens is 128 g/mol. The van der Waals surface area contributed by atoms with E-state index in [1.54, 1.807) is 19.9 Å². The van der Waals surface area contributed by atoms with Crippen LogP contribution >= 0.6 is 0 Å². The molecule has 0 aromatic carbocycles. The maximum Gasteiger partial charge on any atom is 0.228 e. The quantitative estimate of drug-likeness (QED) is 0.368. The van der Waals surface area contributed by atoms with Crippen molar-refractivity contribution >= 4 is 11.6 Å². The van der Waals surface area contributed by atoms with Crippen LogP contribution in [0.4, 0.5) is 0 Å². The van der Waals surface area contributed by atoms with E-state index in [0.29, 0.717) is 5.57 Å². The molecule has 10 heavy (non-hydrogen) atoms. The van der Waals surface area contributed by atoms with Crippen molar-refractivity contribution in [3.05, 3.63) is 23.3 Å². The van der Waals surface area contributed by atoms with E-state index in [2.05, 4.69) is 0 Å². The van der Waals surface area contributed by atoms with Gasteiger partial charge in [-0.05, 0) is 25.5 Å². The van der Waals surface area contributed by atoms with E-state index in [9.17, 15) is 9.59 Å². The number of carbonyl (C=O) groups is 2. The topological polar surface area (TPSA) is 34.1 Å². The largest absolute Gasteiger partial charge is 0.286 e. The van der Waals surface area contributed by atoms with Crippen LogP contribution in [-0.2, 0) is 9.59 Å². The Balaban J connectivity index is 3.07. The Kier molecular flexibility index (Phi) is 1.53. The highest BCUT2D eigenvalue weighted by Crippen LogP contribution is 2.09. The summed E-state index contributed by atoms with van der Waals surface area (Å²) in [5, 5.41) is 0. The van der Waals surface area contributed by atoms with E-state index in [4.69, 9.17) is 0 Å². The standard InChI is InChI=1S/C8H8O2/c1-5-3-6(2)8(10)7(9)4-5/h3-4H,1-2H3. The minimum absolute atomic E-state index is 0.384. The molecule has 0 spiro atoms. The summed E-state index contributed by atoms with van der Waals surface area (Å²) < 4.78 is 0. The van der Waals surface area contributed by atoms with Crippen LogP contribution in [0.25, 0.3) is 0 Å². The Labute approximate surface area is 59.2 Å². The van der Waals surface area contributed by atoms with Gasteiger partial charge in [0.25, 0.3) is 0 Å². The van der Waals surface area contributed by atoms with Crippen molar-refractivity contribution in [3.63, 3.8) is 0 Å². The van der Waals surface area contributed by atoms with Crippen molar-refractivity contribution in [2.75, 3.05) is 0 Å².